The lowest BCUT2D eigenvalue weighted by Gasteiger charge is -2.08. The van der Waals surface area contributed by atoms with Crippen LogP contribution < -0.4 is 0 Å². The number of carbonyl (C=O) groups is 1. The summed E-state index contributed by atoms with van der Waals surface area (Å²) >= 11 is 0. The van der Waals surface area contributed by atoms with Gasteiger partial charge in [0.2, 0.25) is 0 Å². The molecule has 0 aliphatic heterocycles. The van der Waals surface area contributed by atoms with Crippen molar-refractivity contribution in [3.8, 4) is 0 Å². The standard InChI is InChI=1S/C14H20O/c1-7-8-14(10(2)3)9-11(4)12(5)13(6)15/h7-10H,4-5H2,1-3,6H3. The van der Waals surface area contributed by atoms with E-state index in [9.17, 15) is 4.79 Å². The fourth-order valence-corrected chi connectivity index (χ4v) is 1.11. The minimum atomic E-state index is -0.0279. The van der Waals surface area contributed by atoms with Crippen LogP contribution in [-0.2, 0) is 4.79 Å². The fraction of sp³-hybridized carbons (Fsp3) is 0.357. The van der Waals surface area contributed by atoms with Gasteiger partial charge in [0.1, 0.15) is 0 Å². The van der Waals surface area contributed by atoms with Crippen LogP contribution in [0.1, 0.15) is 27.7 Å². The van der Waals surface area contributed by atoms with E-state index in [1.165, 1.54) is 6.92 Å². The first-order chi connectivity index (χ1) is 6.90. The van der Waals surface area contributed by atoms with Crippen LogP contribution in [0.15, 0.2) is 48.1 Å². The van der Waals surface area contributed by atoms with Gasteiger partial charge in [-0.05, 0) is 30.9 Å². The molecule has 0 heterocycles. The Balaban J connectivity index is 4.92. The summed E-state index contributed by atoms with van der Waals surface area (Å²) in [6.07, 6.45) is 5.94. The molecule has 0 bridgehead atoms. The zero-order valence-electron chi connectivity index (χ0n) is 10.1. The highest BCUT2D eigenvalue weighted by Crippen LogP contribution is 2.17. The van der Waals surface area contributed by atoms with Crippen LogP contribution in [0.4, 0.5) is 0 Å². The lowest BCUT2D eigenvalue weighted by molar-refractivity contribution is -0.113. The topological polar surface area (TPSA) is 17.1 Å². The molecule has 0 radical (unpaired) electrons. The average Bonchev–Trinajstić information content (AvgIpc) is 2.15. The fourth-order valence-electron chi connectivity index (χ4n) is 1.11. The van der Waals surface area contributed by atoms with Crippen molar-refractivity contribution in [3.05, 3.63) is 48.1 Å². The molecule has 0 atom stereocenters. The summed E-state index contributed by atoms with van der Waals surface area (Å²) in [5.74, 6) is 0.387. The quantitative estimate of drug-likeness (QED) is 0.491. The number of hydrogen-bond donors (Lipinski definition) is 0. The Morgan fingerprint density at radius 3 is 2.13 bits per heavy atom. The average molecular weight is 204 g/mol. The van der Waals surface area contributed by atoms with Gasteiger partial charge in [-0.15, -0.1) is 0 Å². The van der Waals surface area contributed by atoms with Gasteiger partial charge in [-0.1, -0.05) is 45.2 Å². The zero-order chi connectivity index (χ0) is 12.0. The first-order valence-electron chi connectivity index (χ1n) is 5.13. The van der Waals surface area contributed by atoms with Crippen molar-refractivity contribution < 1.29 is 4.79 Å². The number of rotatable bonds is 5. The molecule has 0 N–H and O–H groups in total. The molecule has 1 nitrogen and oxygen atoms in total. The van der Waals surface area contributed by atoms with Crippen LogP contribution in [-0.4, -0.2) is 5.78 Å². The van der Waals surface area contributed by atoms with Crippen molar-refractivity contribution in [2.24, 2.45) is 5.92 Å². The van der Waals surface area contributed by atoms with E-state index in [1.807, 2.05) is 25.2 Å². The Labute approximate surface area is 92.9 Å². The molecule has 0 rings (SSSR count). The van der Waals surface area contributed by atoms with Crippen LogP contribution in [0.25, 0.3) is 0 Å². The van der Waals surface area contributed by atoms with Gasteiger partial charge in [0.15, 0.2) is 5.78 Å². The maximum Gasteiger partial charge on any atom is 0.159 e. The minimum absolute atomic E-state index is 0.0279. The smallest absolute Gasteiger partial charge is 0.159 e. The monoisotopic (exact) mass is 204 g/mol. The van der Waals surface area contributed by atoms with Gasteiger partial charge in [0.05, 0.1) is 0 Å². The Bertz CT molecular complexity index is 327. The van der Waals surface area contributed by atoms with Crippen LogP contribution in [0, 0.1) is 5.92 Å². The molecule has 1 heteroatoms. The Morgan fingerprint density at radius 2 is 1.80 bits per heavy atom. The minimum Gasteiger partial charge on any atom is -0.295 e. The molecule has 15 heavy (non-hydrogen) atoms. The van der Waals surface area contributed by atoms with Crippen LogP contribution in [0.2, 0.25) is 0 Å². The highest BCUT2D eigenvalue weighted by molar-refractivity contribution is 5.97. The van der Waals surface area contributed by atoms with Gasteiger partial charge in [-0.2, -0.15) is 0 Å². The predicted molar refractivity (Wildman–Crippen MR) is 66.7 cm³/mol. The first kappa shape index (κ1) is 13.6. The molecular formula is C14H20O. The highest BCUT2D eigenvalue weighted by Gasteiger charge is 2.05. The second-order valence-electron chi connectivity index (χ2n) is 3.86. The summed E-state index contributed by atoms with van der Waals surface area (Å²) in [4.78, 5) is 11.1. The van der Waals surface area contributed by atoms with E-state index in [0.29, 0.717) is 17.1 Å². The molecule has 0 saturated heterocycles. The summed E-state index contributed by atoms with van der Waals surface area (Å²) in [5.41, 5.74) is 2.34. The Kier molecular flexibility index (Phi) is 5.61. The van der Waals surface area contributed by atoms with Gasteiger partial charge in [0, 0.05) is 5.57 Å². The molecule has 0 aromatic carbocycles. The molecule has 82 valence electrons. The molecular weight excluding hydrogens is 184 g/mol. The van der Waals surface area contributed by atoms with Gasteiger partial charge >= 0.3 is 0 Å². The van der Waals surface area contributed by atoms with Crippen molar-refractivity contribution >= 4 is 5.78 Å². The predicted octanol–water partition coefficient (Wildman–Crippen LogP) is 3.85. The number of Topliss-reactive ketones (excluding diaryl/α,β-unsaturated/α-hetero) is 1. The van der Waals surface area contributed by atoms with Gasteiger partial charge in [0.25, 0.3) is 0 Å². The van der Waals surface area contributed by atoms with Gasteiger partial charge in [-0.3, -0.25) is 4.79 Å². The van der Waals surface area contributed by atoms with E-state index >= 15 is 0 Å². The van der Waals surface area contributed by atoms with E-state index < -0.39 is 0 Å². The van der Waals surface area contributed by atoms with Crippen LogP contribution in [0.5, 0.6) is 0 Å². The van der Waals surface area contributed by atoms with Crippen molar-refractivity contribution in [3.63, 3.8) is 0 Å². The molecule has 0 fully saturated rings. The van der Waals surface area contributed by atoms with Crippen molar-refractivity contribution in [2.75, 3.05) is 0 Å². The molecule has 0 amide bonds. The number of ketones is 1. The van der Waals surface area contributed by atoms with Crippen molar-refractivity contribution in [1.82, 2.24) is 0 Å². The lowest BCUT2D eigenvalue weighted by atomic mass is 9.97. The molecule has 0 aromatic heterocycles. The SMILES string of the molecule is C=C(C=C(C=CC)C(C)C)C(=C)C(C)=O. The van der Waals surface area contributed by atoms with Crippen LogP contribution >= 0.6 is 0 Å². The van der Waals surface area contributed by atoms with Crippen molar-refractivity contribution in [2.45, 2.75) is 27.7 Å². The molecule has 0 saturated carbocycles. The number of hydrogen-bond acceptors (Lipinski definition) is 1. The summed E-state index contributed by atoms with van der Waals surface area (Å²) < 4.78 is 0. The maximum atomic E-state index is 11.1. The number of allylic oxidation sites excluding steroid dienone is 6. The lowest BCUT2D eigenvalue weighted by Crippen LogP contribution is -1.98. The van der Waals surface area contributed by atoms with E-state index in [-0.39, 0.29) is 5.78 Å². The molecule has 0 aromatic rings. The molecule has 0 aliphatic rings. The third-order valence-electron chi connectivity index (χ3n) is 2.18. The van der Waals surface area contributed by atoms with E-state index in [1.54, 1.807) is 0 Å². The first-order valence-corrected chi connectivity index (χ1v) is 5.13. The summed E-state index contributed by atoms with van der Waals surface area (Å²) in [6, 6.07) is 0. The molecule has 0 aliphatic carbocycles. The third-order valence-corrected chi connectivity index (χ3v) is 2.18. The zero-order valence-corrected chi connectivity index (χ0v) is 10.1. The van der Waals surface area contributed by atoms with Crippen LogP contribution in [0.3, 0.4) is 0 Å². The summed E-state index contributed by atoms with van der Waals surface area (Å²) in [6.45, 7) is 15.2. The van der Waals surface area contributed by atoms with E-state index in [4.69, 9.17) is 0 Å². The summed E-state index contributed by atoms with van der Waals surface area (Å²) in [7, 11) is 0. The summed E-state index contributed by atoms with van der Waals surface area (Å²) in [5, 5.41) is 0. The maximum absolute atomic E-state index is 11.1. The van der Waals surface area contributed by atoms with Gasteiger partial charge < -0.3 is 0 Å². The Hall–Kier alpha value is -1.37. The normalized spacial score (nSPS) is 12.2. The second kappa shape index (κ2) is 6.18. The van der Waals surface area contributed by atoms with Gasteiger partial charge in [-0.25, -0.2) is 0 Å². The van der Waals surface area contributed by atoms with E-state index in [0.717, 1.165) is 5.57 Å². The second-order valence-corrected chi connectivity index (χ2v) is 3.86. The largest absolute Gasteiger partial charge is 0.295 e. The van der Waals surface area contributed by atoms with Crippen molar-refractivity contribution in [1.29, 1.82) is 0 Å². The Morgan fingerprint density at radius 1 is 1.27 bits per heavy atom. The molecule has 0 unspecified atom stereocenters. The highest BCUT2D eigenvalue weighted by atomic mass is 16.1. The van der Waals surface area contributed by atoms with E-state index in [2.05, 4.69) is 27.0 Å². The number of carbonyl (C=O) groups excluding carboxylic acids is 1. The third kappa shape index (κ3) is 4.59. The molecule has 0 spiro atoms.